The minimum Gasteiger partial charge on any atom is -0.330 e. The number of halogens is 2. The smallest absolute Gasteiger partial charge is 0.240 e. The first-order valence-electron chi connectivity index (χ1n) is 11.2. The summed E-state index contributed by atoms with van der Waals surface area (Å²) in [4.78, 5) is 16.0. The molecule has 0 saturated carbocycles. The number of carbonyl (C=O) groups is 1. The minimum atomic E-state index is -0.266. The van der Waals surface area contributed by atoms with Crippen molar-refractivity contribution < 1.29 is 4.79 Å². The Labute approximate surface area is 200 Å². The second-order valence-electron chi connectivity index (χ2n) is 8.35. The highest BCUT2D eigenvalue weighted by Gasteiger charge is 2.31. The molecule has 0 spiro atoms. The quantitative estimate of drug-likeness (QED) is 0.468. The van der Waals surface area contributed by atoms with E-state index in [1.54, 1.807) is 0 Å². The molecule has 3 aromatic rings. The molecule has 1 amide bonds. The van der Waals surface area contributed by atoms with Crippen LogP contribution in [0.4, 0.5) is 0 Å². The minimum absolute atomic E-state index is 0.00591. The zero-order valence-electron chi connectivity index (χ0n) is 18.0. The summed E-state index contributed by atoms with van der Waals surface area (Å²) in [5, 5.41) is 4.93. The van der Waals surface area contributed by atoms with Gasteiger partial charge in [0.05, 0.1) is 12.1 Å². The first-order valence-corrected chi connectivity index (χ1v) is 11.9. The van der Waals surface area contributed by atoms with Gasteiger partial charge in [-0.2, -0.15) is 0 Å². The maximum Gasteiger partial charge on any atom is 0.240 e. The fourth-order valence-corrected chi connectivity index (χ4v) is 4.60. The number of nitrogens with zero attached hydrogens (tertiary/aromatic N) is 1. The van der Waals surface area contributed by atoms with Crippen molar-refractivity contribution in [2.75, 3.05) is 6.54 Å². The lowest BCUT2D eigenvalue weighted by molar-refractivity contribution is -0.136. The Hall–Kier alpha value is -2.33. The van der Waals surface area contributed by atoms with Gasteiger partial charge in [0, 0.05) is 16.6 Å². The van der Waals surface area contributed by atoms with E-state index < -0.39 is 0 Å². The van der Waals surface area contributed by atoms with Gasteiger partial charge in [-0.25, -0.2) is 0 Å². The topological polar surface area (TPSA) is 32.3 Å². The number of amides is 1. The average Bonchev–Trinajstić information content (AvgIpc) is 2.88. The Morgan fingerprint density at radius 2 is 1.47 bits per heavy atom. The third-order valence-electron chi connectivity index (χ3n) is 6.06. The fourth-order valence-electron chi connectivity index (χ4n) is 4.35. The van der Waals surface area contributed by atoms with Crippen molar-refractivity contribution in [2.24, 2.45) is 0 Å². The van der Waals surface area contributed by atoms with Crippen LogP contribution in [-0.2, 0) is 17.8 Å². The molecule has 1 heterocycles. The van der Waals surface area contributed by atoms with E-state index >= 15 is 0 Å². The van der Waals surface area contributed by atoms with Gasteiger partial charge >= 0.3 is 0 Å². The molecule has 1 fully saturated rings. The normalized spacial score (nSPS) is 19.8. The number of carbonyl (C=O) groups excluding carboxylic acids is 1. The van der Waals surface area contributed by atoms with Crippen LogP contribution in [0.3, 0.4) is 0 Å². The molecule has 4 rings (SSSR count). The van der Waals surface area contributed by atoms with Crippen LogP contribution in [0.25, 0.3) is 0 Å². The Balaban J connectivity index is 1.68. The van der Waals surface area contributed by atoms with E-state index in [1.165, 1.54) is 0 Å². The lowest BCUT2D eigenvalue weighted by Crippen LogP contribution is -2.48. The summed E-state index contributed by atoms with van der Waals surface area (Å²) < 4.78 is 0. The molecule has 0 aromatic heterocycles. The molecule has 5 heteroatoms. The zero-order valence-corrected chi connectivity index (χ0v) is 19.5. The Kier molecular flexibility index (Phi) is 7.85. The van der Waals surface area contributed by atoms with E-state index in [-0.39, 0.29) is 18.0 Å². The van der Waals surface area contributed by atoms with E-state index in [9.17, 15) is 4.79 Å². The van der Waals surface area contributed by atoms with Crippen molar-refractivity contribution >= 4 is 29.1 Å². The predicted molar refractivity (Wildman–Crippen MR) is 132 cm³/mol. The average molecular weight is 467 g/mol. The molecule has 32 heavy (non-hydrogen) atoms. The maximum absolute atomic E-state index is 14.0. The molecule has 1 N–H and O–H groups in total. The number of benzene rings is 3. The van der Waals surface area contributed by atoms with Crippen LogP contribution >= 0.6 is 23.2 Å². The molecule has 0 aliphatic carbocycles. The van der Waals surface area contributed by atoms with Gasteiger partial charge in [0.25, 0.3) is 0 Å². The first-order chi connectivity index (χ1) is 15.6. The van der Waals surface area contributed by atoms with E-state index in [0.717, 1.165) is 42.5 Å². The Morgan fingerprint density at radius 3 is 2.16 bits per heavy atom. The predicted octanol–water partition coefficient (Wildman–Crippen LogP) is 6.45. The monoisotopic (exact) mass is 466 g/mol. The molecular formula is C27H28Cl2N2O. The van der Waals surface area contributed by atoms with Crippen molar-refractivity contribution in [1.29, 1.82) is 0 Å². The highest BCUT2D eigenvalue weighted by atomic mass is 35.5. The molecule has 166 valence electrons. The van der Waals surface area contributed by atoms with Crippen LogP contribution in [-0.4, -0.2) is 23.4 Å². The molecule has 3 aromatic carbocycles. The van der Waals surface area contributed by atoms with Crippen LogP contribution in [0.15, 0.2) is 78.9 Å². The molecule has 0 bridgehead atoms. The Morgan fingerprint density at radius 1 is 0.812 bits per heavy atom. The second kappa shape index (κ2) is 11.0. The summed E-state index contributed by atoms with van der Waals surface area (Å²) in [7, 11) is 0. The first kappa shape index (κ1) is 22.8. The van der Waals surface area contributed by atoms with E-state index in [1.807, 2.05) is 71.6 Å². The molecular weight excluding hydrogens is 439 g/mol. The van der Waals surface area contributed by atoms with Gasteiger partial charge in [-0.05, 0) is 73.2 Å². The van der Waals surface area contributed by atoms with Crippen LogP contribution < -0.4 is 5.32 Å². The maximum atomic E-state index is 14.0. The number of hydrogen-bond acceptors (Lipinski definition) is 2. The molecule has 1 aliphatic rings. The highest BCUT2D eigenvalue weighted by molar-refractivity contribution is 6.30. The fraction of sp³-hybridized carbons (Fsp3) is 0.296. The van der Waals surface area contributed by atoms with Crippen LogP contribution in [0.1, 0.15) is 42.0 Å². The summed E-state index contributed by atoms with van der Waals surface area (Å²) in [6, 6.07) is 25.6. The summed E-state index contributed by atoms with van der Waals surface area (Å²) in [6.45, 7) is 1.38. The van der Waals surface area contributed by atoms with Crippen molar-refractivity contribution in [3.05, 3.63) is 106 Å². The van der Waals surface area contributed by atoms with E-state index in [2.05, 4.69) is 17.4 Å². The zero-order chi connectivity index (χ0) is 22.3. The van der Waals surface area contributed by atoms with Crippen molar-refractivity contribution in [3.63, 3.8) is 0 Å². The summed E-state index contributed by atoms with van der Waals surface area (Å²) in [5.74, 6) is 0.130. The second-order valence-corrected chi connectivity index (χ2v) is 9.23. The van der Waals surface area contributed by atoms with Gasteiger partial charge in [-0.1, -0.05) is 77.8 Å². The molecule has 2 atom stereocenters. The summed E-state index contributed by atoms with van der Waals surface area (Å²) in [5.41, 5.74) is 3.35. The Bertz CT molecular complexity index is 1010. The molecule has 1 aliphatic heterocycles. The SMILES string of the molecule is O=C1[C@H](Cc2ccccc2)NCCCC[C@@H](c2ccc(Cl)cc2)N1Cc1ccc(Cl)cc1. The van der Waals surface area contributed by atoms with E-state index in [0.29, 0.717) is 23.0 Å². The molecule has 0 unspecified atom stereocenters. The van der Waals surface area contributed by atoms with Crippen LogP contribution in [0, 0.1) is 0 Å². The lowest BCUT2D eigenvalue weighted by Gasteiger charge is -2.35. The lowest BCUT2D eigenvalue weighted by atomic mass is 9.97. The van der Waals surface area contributed by atoms with Crippen LogP contribution in [0.5, 0.6) is 0 Å². The summed E-state index contributed by atoms with van der Waals surface area (Å²) in [6.07, 6.45) is 3.67. The van der Waals surface area contributed by atoms with Gasteiger partial charge in [-0.3, -0.25) is 4.79 Å². The standard InChI is InChI=1S/C27H28Cl2N2O/c28-23-13-9-21(10-14-23)19-31-26(22-11-15-24(29)16-12-22)8-4-5-17-30-25(27(31)32)18-20-6-2-1-3-7-20/h1-3,6-7,9-16,25-26,30H,4-5,8,17-19H2/t25-,26-/m0/s1. The van der Waals surface area contributed by atoms with Crippen LogP contribution in [0.2, 0.25) is 10.0 Å². The largest absolute Gasteiger partial charge is 0.330 e. The van der Waals surface area contributed by atoms with Crippen molar-refractivity contribution in [1.82, 2.24) is 10.2 Å². The van der Waals surface area contributed by atoms with Gasteiger partial charge < -0.3 is 10.2 Å². The molecule has 1 saturated heterocycles. The third kappa shape index (κ3) is 5.92. The number of rotatable bonds is 5. The molecule has 0 radical (unpaired) electrons. The van der Waals surface area contributed by atoms with Gasteiger partial charge in [0.1, 0.15) is 0 Å². The third-order valence-corrected chi connectivity index (χ3v) is 6.56. The van der Waals surface area contributed by atoms with Gasteiger partial charge in [-0.15, -0.1) is 0 Å². The number of nitrogens with one attached hydrogen (secondary N) is 1. The summed E-state index contributed by atoms with van der Waals surface area (Å²) >= 11 is 12.3. The number of hydrogen-bond donors (Lipinski definition) is 1. The van der Waals surface area contributed by atoms with Gasteiger partial charge in [0.2, 0.25) is 5.91 Å². The highest BCUT2D eigenvalue weighted by Crippen LogP contribution is 2.31. The van der Waals surface area contributed by atoms with Crippen molar-refractivity contribution in [3.8, 4) is 0 Å². The van der Waals surface area contributed by atoms with Crippen molar-refractivity contribution in [2.45, 2.75) is 44.3 Å². The molecule has 3 nitrogen and oxygen atoms in total. The van der Waals surface area contributed by atoms with E-state index in [4.69, 9.17) is 23.2 Å². The van der Waals surface area contributed by atoms with Gasteiger partial charge in [0.15, 0.2) is 0 Å².